The highest BCUT2D eigenvalue weighted by Gasteiger charge is 2.44. The molecule has 0 aromatic carbocycles. The summed E-state index contributed by atoms with van der Waals surface area (Å²) >= 11 is 0. The van der Waals surface area contributed by atoms with Crippen LogP contribution in [0.2, 0.25) is 0 Å². The number of piperazine rings is 1. The molecular weight excluding hydrogens is 321 g/mol. The number of halogens is 3. The Morgan fingerprint density at radius 2 is 1.64 bits per heavy atom. The molecule has 0 aliphatic carbocycles. The Morgan fingerprint density at radius 1 is 1.05 bits per heavy atom. The van der Waals surface area contributed by atoms with Crippen LogP contribution < -0.4 is 10.0 Å². The van der Waals surface area contributed by atoms with Crippen molar-refractivity contribution in [3.8, 4) is 0 Å². The van der Waals surface area contributed by atoms with Gasteiger partial charge in [-0.25, -0.2) is 4.72 Å². The van der Waals surface area contributed by atoms with Gasteiger partial charge in [0.05, 0.1) is 0 Å². The Kier molecular flexibility index (Phi) is 6.06. The van der Waals surface area contributed by atoms with Crippen LogP contribution >= 0.6 is 0 Å². The Hall–Kier alpha value is -0.420. The molecular formula is C12H23F3N4O2S. The predicted octanol–water partition coefficient (Wildman–Crippen LogP) is 0.143. The molecule has 0 spiro atoms. The van der Waals surface area contributed by atoms with Gasteiger partial charge in [0.25, 0.3) is 10.2 Å². The van der Waals surface area contributed by atoms with Gasteiger partial charge in [0.1, 0.15) is 6.04 Å². The molecule has 1 atom stereocenters. The lowest BCUT2D eigenvalue weighted by atomic mass is 10.2. The fraction of sp³-hybridized carbons (Fsp3) is 1.00. The second-order valence-electron chi connectivity index (χ2n) is 5.66. The van der Waals surface area contributed by atoms with Crippen molar-refractivity contribution < 1.29 is 21.6 Å². The van der Waals surface area contributed by atoms with E-state index >= 15 is 0 Å². The van der Waals surface area contributed by atoms with Crippen LogP contribution in [0, 0.1) is 0 Å². The van der Waals surface area contributed by atoms with E-state index in [0.717, 1.165) is 19.3 Å². The van der Waals surface area contributed by atoms with Gasteiger partial charge in [-0.05, 0) is 12.8 Å². The molecule has 0 saturated carbocycles. The maximum Gasteiger partial charge on any atom is 0.405 e. The molecule has 2 fully saturated rings. The Bertz CT molecular complexity index is 446. The van der Waals surface area contributed by atoms with Gasteiger partial charge in [0.2, 0.25) is 0 Å². The molecule has 2 saturated heterocycles. The fourth-order valence-corrected chi connectivity index (χ4v) is 4.12. The van der Waals surface area contributed by atoms with E-state index in [9.17, 15) is 21.6 Å². The number of nitrogens with one attached hydrogen (secondary N) is 2. The van der Waals surface area contributed by atoms with E-state index in [1.807, 2.05) is 0 Å². The van der Waals surface area contributed by atoms with Gasteiger partial charge in [-0.3, -0.25) is 4.90 Å². The van der Waals surface area contributed by atoms with E-state index < -0.39 is 29.0 Å². The highest BCUT2D eigenvalue weighted by molar-refractivity contribution is 7.87. The molecule has 0 radical (unpaired) electrons. The largest absolute Gasteiger partial charge is 0.405 e. The van der Waals surface area contributed by atoms with E-state index in [2.05, 4.69) is 10.0 Å². The third-order valence-corrected chi connectivity index (χ3v) is 5.66. The van der Waals surface area contributed by atoms with Gasteiger partial charge in [-0.2, -0.15) is 25.9 Å². The molecule has 0 bridgehead atoms. The normalized spacial score (nSPS) is 24.3. The first-order chi connectivity index (χ1) is 10.3. The van der Waals surface area contributed by atoms with Crippen LogP contribution in [0.15, 0.2) is 0 Å². The summed E-state index contributed by atoms with van der Waals surface area (Å²) in [6.07, 6.45) is -2.00. The molecule has 0 aromatic heterocycles. The minimum Gasteiger partial charge on any atom is -0.314 e. The molecule has 130 valence electrons. The zero-order valence-corrected chi connectivity index (χ0v) is 13.2. The number of hydrogen-bond donors (Lipinski definition) is 2. The van der Waals surface area contributed by atoms with E-state index in [4.69, 9.17) is 0 Å². The summed E-state index contributed by atoms with van der Waals surface area (Å²) in [7, 11) is -3.84. The monoisotopic (exact) mass is 344 g/mol. The average molecular weight is 344 g/mol. The van der Waals surface area contributed by atoms with Gasteiger partial charge >= 0.3 is 6.18 Å². The maximum absolute atomic E-state index is 13.2. The molecule has 2 rings (SSSR count). The highest BCUT2D eigenvalue weighted by atomic mass is 32.2. The first-order valence-corrected chi connectivity index (χ1v) is 9.01. The van der Waals surface area contributed by atoms with Crippen LogP contribution in [0.5, 0.6) is 0 Å². The summed E-state index contributed by atoms with van der Waals surface area (Å²) < 4.78 is 67.3. The van der Waals surface area contributed by atoms with Gasteiger partial charge in [-0.1, -0.05) is 6.42 Å². The Morgan fingerprint density at radius 3 is 2.18 bits per heavy atom. The summed E-state index contributed by atoms with van der Waals surface area (Å²) in [5.74, 6) is 0. The zero-order chi connectivity index (χ0) is 16.2. The number of alkyl halides is 3. The summed E-state index contributed by atoms with van der Waals surface area (Å²) in [5, 5.41) is 2.99. The molecule has 2 aliphatic heterocycles. The molecule has 2 heterocycles. The van der Waals surface area contributed by atoms with Crippen molar-refractivity contribution in [3.63, 3.8) is 0 Å². The standard InChI is InChI=1S/C12H23F3N4O2S/c13-12(14,15)11(18-8-4-16-5-9-18)10-17-22(20,21)19-6-2-1-3-7-19/h11,16-17H,1-10H2. The Labute approximate surface area is 129 Å². The zero-order valence-electron chi connectivity index (χ0n) is 12.4. The van der Waals surface area contributed by atoms with Gasteiger partial charge < -0.3 is 5.32 Å². The van der Waals surface area contributed by atoms with Crippen LogP contribution in [0.4, 0.5) is 13.2 Å². The van der Waals surface area contributed by atoms with Gasteiger partial charge in [0.15, 0.2) is 0 Å². The van der Waals surface area contributed by atoms with Crippen LogP contribution in [0.1, 0.15) is 19.3 Å². The summed E-state index contributed by atoms with van der Waals surface area (Å²) in [6, 6.07) is -1.78. The lowest BCUT2D eigenvalue weighted by Gasteiger charge is -2.36. The second kappa shape index (κ2) is 7.43. The number of piperidine rings is 1. The maximum atomic E-state index is 13.2. The minimum atomic E-state index is -4.46. The van der Waals surface area contributed by atoms with E-state index in [-0.39, 0.29) is 13.1 Å². The van der Waals surface area contributed by atoms with E-state index in [0.29, 0.717) is 26.2 Å². The minimum absolute atomic E-state index is 0.260. The van der Waals surface area contributed by atoms with Crippen molar-refractivity contribution in [1.29, 1.82) is 0 Å². The number of hydrogen-bond acceptors (Lipinski definition) is 4. The Balaban J connectivity index is 1.98. The second-order valence-corrected chi connectivity index (χ2v) is 7.41. The average Bonchev–Trinajstić information content (AvgIpc) is 2.48. The van der Waals surface area contributed by atoms with Crippen LogP contribution in [-0.4, -0.2) is 75.7 Å². The molecule has 0 aromatic rings. The van der Waals surface area contributed by atoms with Crippen LogP contribution in [0.3, 0.4) is 0 Å². The lowest BCUT2D eigenvalue weighted by Crippen LogP contribution is -2.58. The smallest absolute Gasteiger partial charge is 0.314 e. The number of nitrogens with zero attached hydrogens (tertiary/aromatic N) is 2. The third-order valence-electron chi connectivity index (χ3n) is 4.08. The van der Waals surface area contributed by atoms with Crippen molar-refractivity contribution in [2.24, 2.45) is 0 Å². The van der Waals surface area contributed by atoms with Crippen molar-refractivity contribution in [2.75, 3.05) is 45.8 Å². The van der Waals surface area contributed by atoms with Crippen molar-refractivity contribution in [1.82, 2.24) is 19.2 Å². The van der Waals surface area contributed by atoms with Crippen molar-refractivity contribution in [2.45, 2.75) is 31.5 Å². The molecule has 10 heteroatoms. The molecule has 1 unspecified atom stereocenters. The number of rotatable bonds is 5. The first-order valence-electron chi connectivity index (χ1n) is 7.57. The highest BCUT2D eigenvalue weighted by Crippen LogP contribution is 2.25. The van der Waals surface area contributed by atoms with Crippen LogP contribution in [0.25, 0.3) is 0 Å². The molecule has 22 heavy (non-hydrogen) atoms. The lowest BCUT2D eigenvalue weighted by molar-refractivity contribution is -0.182. The quantitative estimate of drug-likeness (QED) is 0.745. The van der Waals surface area contributed by atoms with Crippen molar-refractivity contribution >= 4 is 10.2 Å². The third kappa shape index (κ3) is 4.79. The fourth-order valence-electron chi connectivity index (χ4n) is 2.83. The molecule has 6 nitrogen and oxygen atoms in total. The summed E-state index contributed by atoms with van der Waals surface area (Å²) in [4.78, 5) is 1.29. The summed E-state index contributed by atoms with van der Waals surface area (Å²) in [6.45, 7) is 1.59. The van der Waals surface area contributed by atoms with Crippen LogP contribution in [-0.2, 0) is 10.2 Å². The van der Waals surface area contributed by atoms with E-state index in [1.54, 1.807) is 0 Å². The van der Waals surface area contributed by atoms with Gasteiger partial charge in [-0.15, -0.1) is 0 Å². The first kappa shape index (κ1) is 17.9. The van der Waals surface area contributed by atoms with Gasteiger partial charge in [0, 0.05) is 45.8 Å². The van der Waals surface area contributed by atoms with Crippen molar-refractivity contribution in [3.05, 3.63) is 0 Å². The molecule has 2 aliphatic rings. The SMILES string of the molecule is O=S(=O)(NCC(N1CCNCC1)C(F)(F)F)N1CCCCC1. The van der Waals surface area contributed by atoms with E-state index in [1.165, 1.54) is 9.21 Å². The topological polar surface area (TPSA) is 64.7 Å². The predicted molar refractivity (Wildman–Crippen MR) is 76.6 cm³/mol. The molecule has 0 amide bonds. The summed E-state index contributed by atoms with van der Waals surface area (Å²) in [5.41, 5.74) is 0. The molecule has 2 N–H and O–H groups in total.